The topological polar surface area (TPSA) is 51.6 Å². The van der Waals surface area contributed by atoms with Gasteiger partial charge in [-0.05, 0) is 36.7 Å². The van der Waals surface area contributed by atoms with Gasteiger partial charge in [0.1, 0.15) is 10.5 Å². The highest BCUT2D eigenvalue weighted by molar-refractivity contribution is 8.01. The lowest BCUT2D eigenvalue weighted by Crippen LogP contribution is -1.94. The standard InChI is InChI=1S/C8H7ClN4S2/c1-4-5(2)7(12-11-6(4)9)15-8-13-10-3-14-8/h3H,1-2H3. The van der Waals surface area contributed by atoms with Crippen LogP contribution in [-0.2, 0) is 0 Å². The summed E-state index contributed by atoms with van der Waals surface area (Å²) in [6.45, 7) is 3.90. The molecule has 78 valence electrons. The molecule has 0 spiro atoms. The van der Waals surface area contributed by atoms with E-state index in [2.05, 4.69) is 20.4 Å². The molecule has 0 unspecified atom stereocenters. The molecule has 2 aromatic heterocycles. The van der Waals surface area contributed by atoms with Crippen LogP contribution >= 0.6 is 34.7 Å². The summed E-state index contributed by atoms with van der Waals surface area (Å²) in [6, 6.07) is 0. The lowest BCUT2D eigenvalue weighted by atomic mass is 10.2. The van der Waals surface area contributed by atoms with E-state index in [-0.39, 0.29) is 0 Å². The van der Waals surface area contributed by atoms with Gasteiger partial charge in [-0.25, -0.2) is 0 Å². The number of rotatable bonds is 2. The van der Waals surface area contributed by atoms with Crippen molar-refractivity contribution in [3.8, 4) is 0 Å². The summed E-state index contributed by atoms with van der Waals surface area (Å²) in [5.41, 5.74) is 3.68. The first kappa shape index (κ1) is 10.8. The number of hydrogen-bond acceptors (Lipinski definition) is 6. The summed E-state index contributed by atoms with van der Waals surface area (Å²) in [5, 5.41) is 16.9. The van der Waals surface area contributed by atoms with Crippen LogP contribution in [0.25, 0.3) is 0 Å². The lowest BCUT2D eigenvalue weighted by Gasteiger charge is -2.04. The van der Waals surface area contributed by atoms with Crippen molar-refractivity contribution in [1.29, 1.82) is 0 Å². The number of aromatic nitrogens is 4. The van der Waals surface area contributed by atoms with E-state index in [0.717, 1.165) is 20.5 Å². The van der Waals surface area contributed by atoms with Gasteiger partial charge in [-0.1, -0.05) is 22.9 Å². The smallest absolute Gasteiger partial charge is 0.146 e. The molecule has 0 radical (unpaired) electrons. The maximum absolute atomic E-state index is 5.86. The van der Waals surface area contributed by atoms with Crippen LogP contribution in [0.1, 0.15) is 11.1 Å². The van der Waals surface area contributed by atoms with E-state index in [0.29, 0.717) is 5.15 Å². The molecular formula is C8H7ClN4S2. The summed E-state index contributed by atoms with van der Waals surface area (Å²) >= 11 is 8.79. The van der Waals surface area contributed by atoms with Crippen LogP contribution in [0.4, 0.5) is 0 Å². The first-order valence-corrected chi connectivity index (χ1v) is 6.19. The lowest BCUT2D eigenvalue weighted by molar-refractivity contribution is 0.888. The fourth-order valence-corrected chi connectivity index (χ4v) is 2.60. The summed E-state index contributed by atoms with van der Waals surface area (Å²) < 4.78 is 0.856. The van der Waals surface area contributed by atoms with E-state index < -0.39 is 0 Å². The van der Waals surface area contributed by atoms with Gasteiger partial charge in [-0.15, -0.1) is 20.4 Å². The second-order valence-corrected chi connectivity index (χ2v) is 5.28. The molecule has 15 heavy (non-hydrogen) atoms. The molecule has 0 amide bonds. The molecule has 4 nitrogen and oxygen atoms in total. The van der Waals surface area contributed by atoms with Crippen molar-refractivity contribution in [3.63, 3.8) is 0 Å². The summed E-state index contributed by atoms with van der Waals surface area (Å²) in [4.78, 5) is 0. The molecule has 2 rings (SSSR count). The van der Waals surface area contributed by atoms with Gasteiger partial charge in [0.25, 0.3) is 0 Å². The monoisotopic (exact) mass is 258 g/mol. The molecule has 0 aliphatic carbocycles. The van der Waals surface area contributed by atoms with Crippen molar-refractivity contribution >= 4 is 34.7 Å². The third kappa shape index (κ3) is 2.27. The molecule has 0 aromatic carbocycles. The predicted octanol–water partition coefficient (Wildman–Crippen LogP) is 2.75. The van der Waals surface area contributed by atoms with Gasteiger partial charge in [0.15, 0.2) is 9.49 Å². The van der Waals surface area contributed by atoms with Gasteiger partial charge in [-0.2, -0.15) is 0 Å². The van der Waals surface area contributed by atoms with Crippen molar-refractivity contribution in [1.82, 2.24) is 20.4 Å². The molecule has 0 aliphatic rings. The average Bonchev–Trinajstić information content (AvgIpc) is 2.72. The van der Waals surface area contributed by atoms with Crippen LogP contribution in [0.5, 0.6) is 0 Å². The van der Waals surface area contributed by atoms with Gasteiger partial charge in [-0.3, -0.25) is 0 Å². The van der Waals surface area contributed by atoms with Crippen molar-refractivity contribution in [2.45, 2.75) is 23.2 Å². The Morgan fingerprint density at radius 3 is 2.67 bits per heavy atom. The number of nitrogens with zero attached hydrogens (tertiary/aromatic N) is 4. The molecular weight excluding hydrogens is 252 g/mol. The largest absolute Gasteiger partial charge is 0.180 e. The molecule has 2 heterocycles. The van der Waals surface area contributed by atoms with E-state index in [1.807, 2.05) is 13.8 Å². The third-order valence-electron chi connectivity index (χ3n) is 1.95. The molecule has 0 aliphatic heterocycles. The molecule has 0 atom stereocenters. The Kier molecular flexibility index (Phi) is 3.18. The van der Waals surface area contributed by atoms with Crippen LogP contribution in [0, 0.1) is 13.8 Å². The van der Waals surface area contributed by atoms with Crippen LogP contribution < -0.4 is 0 Å². The summed E-state index contributed by atoms with van der Waals surface area (Å²) in [6.07, 6.45) is 0. The van der Waals surface area contributed by atoms with E-state index in [4.69, 9.17) is 11.6 Å². The average molecular weight is 259 g/mol. The normalized spacial score (nSPS) is 10.6. The number of halogens is 1. The zero-order valence-corrected chi connectivity index (χ0v) is 10.4. The highest BCUT2D eigenvalue weighted by Gasteiger charge is 2.10. The minimum absolute atomic E-state index is 0.453. The second kappa shape index (κ2) is 4.42. The van der Waals surface area contributed by atoms with Crippen LogP contribution in [0.15, 0.2) is 14.9 Å². The molecule has 2 aromatic rings. The van der Waals surface area contributed by atoms with Crippen molar-refractivity contribution in [2.75, 3.05) is 0 Å². The fourth-order valence-electron chi connectivity index (χ4n) is 0.941. The van der Waals surface area contributed by atoms with E-state index >= 15 is 0 Å². The first-order chi connectivity index (χ1) is 7.18. The first-order valence-electron chi connectivity index (χ1n) is 4.12. The Labute approximate surface area is 100 Å². The maximum Gasteiger partial charge on any atom is 0.180 e. The third-order valence-corrected chi connectivity index (χ3v) is 4.16. The molecule has 0 saturated carbocycles. The zero-order chi connectivity index (χ0) is 10.8. The second-order valence-electron chi connectivity index (χ2n) is 2.85. The Morgan fingerprint density at radius 2 is 2.00 bits per heavy atom. The van der Waals surface area contributed by atoms with Gasteiger partial charge >= 0.3 is 0 Å². The Morgan fingerprint density at radius 1 is 1.20 bits per heavy atom. The Balaban J connectivity index is 2.34. The van der Waals surface area contributed by atoms with Gasteiger partial charge in [0.2, 0.25) is 0 Å². The SMILES string of the molecule is Cc1c(Cl)nnc(Sc2nncs2)c1C. The van der Waals surface area contributed by atoms with E-state index in [1.54, 1.807) is 5.51 Å². The summed E-state index contributed by atoms with van der Waals surface area (Å²) in [5.74, 6) is 0. The highest BCUT2D eigenvalue weighted by atomic mass is 35.5. The Bertz CT molecular complexity index is 472. The maximum atomic E-state index is 5.86. The molecule has 0 fully saturated rings. The van der Waals surface area contributed by atoms with Crippen LogP contribution in [0.3, 0.4) is 0 Å². The molecule has 0 bridgehead atoms. The van der Waals surface area contributed by atoms with E-state index in [9.17, 15) is 0 Å². The Hall–Kier alpha value is -0.720. The molecule has 7 heteroatoms. The van der Waals surface area contributed by atoms with Crippen molar-refractivity contribution in [2.24, 2.45) is 0 Å². The van der Waals surface area contributed by atoms with Gasteiger partial charge < -0.3 is 0 Å². The highest BCUT2D eigenvalue weighted by Crippen LogP contribution is 2.31. The minimum Gasteiger partial charge on any atom is -0.146 e. The van der Waals surface area contributed by atoms with Gasteiger partial charge in [0.05, 0.1) is 0 Å². The predicted molar refractivity (Wildman–Crippen MR) is 60.5 cm³/mol. The number of hydrogen-bond donors (Lipinski definition) is 0. The van der Waals surface area contributed by atoms with Crippen LogP contribution in [-0.4, -0.2) is 20.4 Å². The zero-order valence-electron chi connectivity index (χ0n) is 8.06. The van der Waals surface area contributed by atoms with Crippen molar-refractivity contribution < 1.29 is 0 Å². The molecule has 0 saturated heterocycles. The van der Waals surface area contributed by atoms with Crippen molar-refractivity contribution in [3.05, 3.63) is 21.8 Å². The summed E-state index contributed by atoms with van der Waals surface area (Å²) in [7, 11) is 0. The van der Waals surface area contributed by atoms with Crippen LogP contribution in [0.2, 0.25) is 5.15 Å². The fraction of sp³-hybridized carbons (Fsp3) is 0.250. The molecule has 0 N–H and O–H groups in total. The minimum atomic E-state index is 0.453. The quantitative estimate of drug-likeness (QED) is 0.829. The van der Waals surface area contributed by atoms with Gasteiger partial charge in [0, 0.05) is 0 Å². The van der Waals surface area contributed by atoms with E-state index in [1.165, 1.54) is 23.1 Å².